The molecule has 4 rings (SSSR count). The van der Waals surface area contributed by atoms with Gasteiger partial charge in [0.05, 0.1) is 25.4 Å². The van der Waals surface area contributed by atoms with Gasteiger partial charge in [-0.3, -0.25) is 4.79 Å². The number of aromatic nitrogens is 3. The number of hydrogen-bond donors (Lipinski definition) is 2. The minimum absolute atomic E-state index is 0.233. The number of carbonyl (C=O) groups excluding carboxylic acids is 1. The Morgan fingerprint density at radius 3 is 2.53 bits per heavy atom. The van der Waals surface area contributed by atoms with Gasteiger partial charge in [-0.25, -0.2) is 9.97 Å². The van der Waals surface area contributed by atoms with Gasteiger partial charge in [0.1, 0.15) is 5.82 Å². The molecule has 32 heavy (non-hydrogen) atoms. The van der Waals surface area contributed by atoms with Crippen molar-refractivity contribution in [3.05, 3.63) is 59.9 Å². The van der Waals surface area contributed by atoms with Gasteiger partial charge in [-0.15, -0.1) is 0 Å². The molecule has 0 aliphatic carbocycles. The molecule has 3 heterocycles. The maximum Gasteiger partial charge on any atom is 0.257 e. The van der Waals surface area contributed by atoms with E-state index in [4.69, 9.17) is 9.47 Å². The molecule has 0 atom stereocenters. The van der Waals surface area contributed by atoms with Gasteiger partial charge < -0.3 is 25.0 Å². The molecular formula is C23H26N6O3. The highest BCUT2D eigenvalue weighted by molar-refractivity contribution is 6.04. The van der Waals surface area contributed by atoms with Crippen LogP contribution >= 0.6 is 0 Å². The lowest BCUT2D eigenvalue weighted by Crippen LogP contribution is -2.37. The van der Waals surface area contributed by atoms with Crippen LogP contribution in [0, 0.1) is 6.92 Å². The number of benzene rings is 1. The van der Waals surface area contributed by atoms with Gasteiger partial charge in [0.2, 0.25) is 11.8 Å². The number of ether oxygens (including phenoxy) is 2. The second-order valence-corrected chi connectivity index (χ2v) is 7.27. The number of rotatable bonds is 7. The number of carbonyl (C=O) groups is 1. The van der Waals surface area contributed by atoms with Crippen molar-refractivity contribution in [2.45, 2.75) is 13.8 Å². The predicted octanol–water partition coefficient (Wildman–Crippen LogP) is 3.41. The zero-order valence-corrected chi connectivity index (χ0v) is 18.2. The molecule has 3 aromatic rings. The van der Waals surface area contributed by atoms with Crippen molar-refractivity contribution >= 4 is 29.0 Å². The third kappa shape index (κ3) is 5.50. The molecule has 0 bridgehead atoms. The highest BCUT2D eigenvalue weighted by atomic mass is 16.5. The lowest BCUT2D eigenvalue weighted by Gasteiger charge is -2.27. The van der Waals surface area contributed by atoms with Crippen molar-refractivity contribution in [1.82, 2.24) is 15.0 Å². The Kier molecular flexibility index (Phi) is 6.76. The Morgan fingerprint density at radius 1 is 1.09 bits per heavy atom. The van der Waals surface area contributed by atoms with Crippen LogP contribution in [0.2, 0.25) is 0 Å². The Morgan fingerprint density at radius 2 is 1.84 bits per heavy atom. The fraction of sp³-hybridized carbons (Fsp3) is 0.304. The van der Waals surface area contributed by atoms with Gasteiger partial charge in [-0.05, 0) is 44.2 Å². The van der Waals surface area contributed by atoms with Crippen molar-refractivity contribution in [2.24, 2.45) is 0 Å². The molecule has 0 saturated carbocycles. The molecule has 1 amide bonds. The number of anilines is 4. The standard InChI is InChI=1S/C23H26N6O3/c1-3-32-21-9-4-17(15-24-21)22(30)27-19-7-5-18(6-8-19)26-20-14-16(2)25-23(28-20)29-10-12-31-13-11-29/h4-9,14-15H,3,10-13H2,1-2H3,(H,27,30)(H,25,26,28). The van der Waals surface area contributed by atoms with E-state index in [0.29, 0.717) is 42.9 Å². The number of nitrogens with one attached hydrogen (secondary N) is 2. The minimum Gasteiger partial charge on any atom is -0.478 e. The van der Waals surface area contributed by atoms with E-state index >= 15 is 0 Å². The van der Waals surface area contributed by atoms with Crippen molar-refractivity contribution in [3.8, 4) is 5.88 Å². The summed E-state index contributed by atoms with van der Waals surface area (Å²) < 4.78 is 10.7. The summed E-state index contributed by atoms with van der Waals surface area (Å²) in [5.41, 5.74) is 2.89. The maximum absolute atomic E-state index is 12.4. The monoisotopic (exact) mass is 434 g/mol. The number of hydrogen-bond acceptors (Lipinski definition) is 8. The molecule has 0 unspecified atom stereocenters. The van der Waals surface area contributed by atoms with Crippen LogP contribution in [0.15, 0.2) is 48.7 Å². The molecule has 1 aliphatic rings. The first-order valence-electron chi connectivity index (χ1n) is 10.6. The molecule has 0 spiro atoms. The third-order valence-electron chi connectivity index (χ3n) is 4.84. The van der Waals surface area contributed by atoms with E-state index in [2.05, 4.69) is 30.5 Å². The van der Waals surface area contributed by atoms with Crippen molar-refractivity contribution in [1.29, 1.82) is 0 Å². The maximum atomic E-state index is 12.4. The molecule has 9 heteroatoms. The average Bonchev–Trinajstić information content (AvgIpc) is 2.81. The summed E-state index contributed by atoms with van der Waals surface area (Å²) in [4.78, 5) is 27.9. The van der Waals surface area contributed by atoms with Crippen molar-refractivity contribution < 1.29 is 14.3 Å². The topological polar surface area (TPSA) is 102 Å². The van der Waals surface area contributed by atoms with E-state index in [-0.39, 0.29) is 5.91 Å². The highest BCUT2D eigenvalue weighted by Gasteiger charge is 2.15. The lowest BCUT2D eigenvalue weighted by atomic mass is 10.2. The second-order valence-electron chi connectivity index (χ2n) is 7.27. The molecule has 0 radical (unpaired) electrons. The van der Waals surface area contributed by atoms with Crippen LogP contribution in [0.25, 0.3) is 0 Å². The zero-order chi connectivity index (χ0) is 22.3. The molecule has 1 fully saturated rings. The Hall–Kier alpha value is -3.72. The lowest BCUT2D eigenvalue weighted by molar-refractivity contribution is 0.102. The van der Waals surface area contributed by atoms with E-state index in [1.165, 1.54) is 6.20 Å². The van der Waals surface area contributed by atoms with Crippen LogP contribution in [0.4, 0.5) is 23.1 Å². The number of amides is 1. The fourth-order valence-electron chi connectivity index (χ4n) is 3.26. The summed E-state index contributed by atoms with van der Waals surface area (Å²) in [6.45, 7) is 7.28. The third-order valence-corrected chi connectivity index (χ3v) is 4.84. The molecule has 1 saturated heterocycles. The molecule has 1 aromatic carbocycles. The van der Waals surface area contributed by atoms with Gasteiger partial charge in [0.15, 0.2) is 0 Å². The summed E-state index contributed by atoms with van der Waals surface area (Å²) in [6, 6.07) is 12.7. The van der Waals surface area contributed by atoms with Gasteiger partial charge in [-0.1, -0.05) is 0 Å². The van der Waals surface area contributed by atoms with Crippen LogP contribution in [-0.2, 0) is 4.74 Å². The van der Waals surface area contributed by atoms with Crippen LogP contribution < -0.4 is 20.3 Å². The molecule has 9 nitrogen and oxygen atoms in total. The number of aryl methyl sites for hydroxylation is 1. The van der Waals surface area contributed by atoms with Crippen LogP contribution in [0.3, 0.4) is 0 Å². The summed E-state index contributed by atoms with van der Waals surface area (Å²) in [5, 5.41) is 6.18. The van der Waals surface area contributed by atoms with Crippen LogP contribution in [-0.4, -0.2) is 53.8 Å². The molecule has 166 valence electrons. The molecular weight excluding hydrogens is 408 g/mol. The number of pyridine rings is 1. The normalized spacial score (nSPS) is 13.5. The van der Waals surface area contributed by atoms with Gasteiger partial charge >= 0.3 is 0 Å². The van der Waals surface area contributed by atoms with Gasteiger partial charge in [-0.2, -0.15) is 4.98 Å². The van der Waals surface area contributed by atoms with E-state index in [1.807, 2.05) is 44.2 Å². The van der Waals surface area contributed by atoms with E-state index < -0.39 is 0 Å². The highest BCUT2D eigenvalue weighted by Crippen LogP contribution is 2.21. The van der Waals surface area contributed by atoms with Gasteiger partial charge in [0, 0.05) is 48.5 Å². The SMILES string of the molecule is CCOc1ccc(C(=O)Nc2ccc(Nc3cc(C)nc(N4CCOCC4)n3)cc2)cn1. The number of nitrogens with zero attached hydrogens (tertiary/aromatic N) is 4. The first-order chi connectivity index (χ1) is 15.6. The summed E-state index contributed by atoms with van der Waals surface area (Å²) in [5.74, 6) is 1.68. The number of morpholine rings is 1. The minimum atomic E-state index is -0.233. The van der Waals surface area contributed by atoms with Crippen molar-refractivity contribution in [2.75, 3.05) is 48.4 Å². The average molecular weight is 435 g/mol. The second kappa shape index (κ2) is 10.1. The molecule has 2 N–H and O–H groups in total. The van der Waals surface area contributed by atoms with E-state index in [1.54, 1.807) is 12.1 Å². The van der Waals surface area contributed by atoms with E-state index in [9.17, 15) is 4.79 Å². The van der Waals surface area contributed by atoms with E-state index in [0.717, 1.165) is 30.3 Å². The zero-order valence-electron chi connectivity index (χ0n) is 18.2. The van der Waals surface area contributed by atoms with Crippen LogP contribution in [0.5, 0.6) is 5.88 Å². The summed E-state index contributed by atoms with van der Waals surface area (Å²) in [6.07, 6.45) is 1.50. The predicted molar refractivity (Wildman–Crippen MR) is 123 cm³/mol. The van der Waals surface area contributed by atoms with Crippen LogP contribution in [0.1, 0.15) is 23.0 Å². The Bertz CT molecular complexity index is 1050. The Balaban J connectivity index is 1.39. The fourth-order valence-corrected chi connectivity index (χ4v) is 3.26. The summed E-state index contributed by atoms with van der Waals surface area (Å²) in [7, 11) is 0. The largest absolute Gasteiger partial charge is 0.478 e. The van der Waals surface area contributed by atoms with Gasteiger partial charge in [0.25, 0.3) is 5.91 Å². The molecule has 1 aliphatic heterocycles. The summed E-state index contributed by atoms with van der Waals surface area (Å²) >= 11 is 0. The smallest absolute Gasteiger partial charge is 0.257 e. The quantitative estimate of drug-likeness (QED) is 0.583. The van der Waals surface area contributed by atoms with Crippen molar-refractivity contribution in [3.63, 3.8) is 0 Å². The Labute approximate surface area is 186 Å². The first-order valence-corrected chi connectivity index (χ1v) is 10.6. The first kappa shape index (κ1) is 21.5. The molecule has 2 aromatic heterocycles.